The van der Waals surface area contributed by atoms with Crippen LogP contribution in [-0.2, 0) is 6.54 Å². The zero-order valence-electron chi connectivity index (χ0n) is 16.0. The van der Waals surface area contributed by atoms with Crippen molar-refractivity contribution < 1.29 is 13.9 Å². The number of anilines is 1. The Kier molecular flexibility index (Phi) is 5.48. The number of carbonyl (C=O) groups is 1. The fraction of sp³-hybridized carbons (Fsp3) is 0.409. The number of halogens is 1. The predicted octanol–water partition coefficient (Wildman–Crippen LogP) is 4.15. The summed E-state index contributed by atoms with van der Waals surface area (Å²) in [6.07, 6.45) is 4.22. The summed E-state index contributed by atoms with van der Waals surface area (Å²) in [7, 11) is 1.62. The molecule has 2 bridgehead atoms. The summed E-state index contributed by atoms with van der Waals surface area (Å²) in [5.41, 5.74) is 1.89. The number of carbonyl (C=O) groups excluding carboxylic acids is 1. The maximum Gasteiger partial charge on any atom is 0.319 e. The lowest BCUT2D eigenvalue weighted by Gasteiger charge is -2.39. The van der Waals surface area contributed by atoms with Crippen molar-refractivity contribution in [1.29, 1.82) is 0 Å². The molecule has 28 heavy (non-hydrogen) atoms. The quantitative estimate of drug-likeness (QED) is 0.816. The van der Waals surface area contributed by atoms with Gasteiger partial charge in [-0.1, -0.05) is 12.1 Å². The van der Waals surface area contributed by atoms with Crippen LogP contribution in [0.15, 0.2) is 48.5 Å². The monoisotopic (exact) mass is 383 g/mol. The van der Waals surface area contributed by atoms with Crippen LogP contribution in [0.4, 0.5) is 14.9 Å². The molecule has 2 atom stereocenters. The number of nitrogens with zero attached hydrogens (tertiary/aromatic N) is 1. The van der Waals surface area contributed by atoms with Crippen molar-refractivity contribution in [3.05, 3.63) is 59.9 Å². The van der Waals surface area contributed by atoms with Gasteiger partial charge in [0.2, 0.25) is 0 Å². The molecular weight excluding hydrogens is 357 g/mol. The van der Waals surface area contributed by atoms with Gasteiger partial charge in [0.15, 0.2) is 0 Å². The minimum atomic E-state index is -0.197. The van der Waals surface area contributed by atoms with E-state index in [4.69, 9.17) is 4.74 Å². The van der Waals surface area contributed by atoms with Crippen LogP contribution in [0, 0.1) is 5.82 Å². The summed E-state index contributed by atoms with van der Waals surface area (Å²) < 4.78 is 18.3. The minimum Gasteiger partial charge on any atom is -0.497 e. The van der Waals surface area contributed by atoms with E-state index >= 15 is 0 Å². The zero-order valence-corrected chi connectivity index (χ0v) is 16.0. The summed E-state index contributed by atoms with van der Waals surface area (Å²) in [5, 5.41) is 6.02. The predicted molar refractivity (Wildman–Crippen MR) is 107 cm³/mol. The number of hydrogen-bond acceptors (Lipinski definition) is 3. The van der Waals surface area contributed by atoms with Gasteiger partial charge >= 0.3 is 6.03 Å². The second-order valence-electron chi connectivity index (χ2n) is 7.68. The minimum absolute atomic E-state index is 0.165. The van der Waals surface area contributed by atoms with Gasteiger partial charge in [-0.2, -0.15) is 0 Å². The number of fused-ring (bicyclic) bond motifs is 2. The second-order valence-corrected chi connectivity index (χ2v) is 7.68. The van der Waals surface area contributed by atoms with E-state index in [1.165, 1.54) is 12.1 Å². The van der Waals surface area contributed by atoms with Crippen molar-refractivity contribution in [2.24, 2.45) is 0 Å². The Morgan fingerprint density at radius 2 is 1.71 bits per heavy atom. The van der Waals surface area contributed by atoms with Crippen LogP contribution in [0.5, 0.6) is 5.75 Å². The molecule has 0 radical (unpaired) electrons. The molecule has 0 unspecified atom stereocenters. The van der Waals surface area contributed by atoms with Crippen molar-refractivity contribution in [2.75, 3.05) is 12.4 Å². The van der Waals surface area contributed by atoms with Crippen LogP contribution in [0.1, 0.15) is 31.2 Å². The molecule has 148 valence electrons. The molecule has 2 aliphatic rings. The highest BCUT2D eigenvalue weighted by molar-refractivity contribution is 5.89. The number of hydrogen-bond donors (Lipinski definition) is 2. The summed E-state index contributed by atoms with van der Waals surface area (Å²) in [5.74, 6) is 0.563. The largest absolute Gasteiger partial charge is 0.497 e. The van der Waals surface area contributed by atoms with E-state index in [1.807, 2.05) is 36.4 Å². The number of nitrogens with one attached hydrogen (secondary N) is 2. The maximum atomic E-state index is 13.1. The van der Waals surface area contributed by atoms with Gasteiger partial charge in [-0.25, -0.2) is 9.18 Å². The summed E-state index contributed by atoms with van der Waals surface area (Å²) in [6, 6.07) is 15.0. The lowest BCUT2D eigenvalue weighted by atomic mass is 9.96. The standard InChI is InChI=1S/C22H26FN3O2/c1-28-21-10-6-17(7-11-21)24-22(27)25-18-12-19-8-9-20(13-18)26(19)14-15-2-4-16(23)5-3-15/h2-7,10-11,18-20H,8-9,12-14H2,1H3,(H2,24,25,27)/t19-,20-/m0/s1. The lowest BCUT2D eigenvalue weighted by molar-refractivity contribution is 0.112. The first-order chi connectivity index (χ1) is 13.6. The topological polar surface area (TPSA) is 53.6 Å². The first kappa shape index (κ1) is 18.7. The molecule has 4 rings (SSSR count). The van der Waals surface area contributed by atoms with E-state index in [-0.39, 0.29) is 17.9 Å². The molecule has 0 spiro atoms. The van der Waals surface area contributed by atoms with Gasteiger partial charge in [0.05, 0.1) is 7.11 Å². The third-order valence-electron chi connectivity index (χ3n) is 5.85. The maximum absolute atomic E-state index is 13.1. The number of amides is 2. The molecule has 2 N–H and O–H groups in total. The SMILES string of the molecule is COc1ccc(NC(=O)NC2C[C@@H]3CC[C@@H](C2)N3Cc2ccc(F)cc2)cc1. The third kappa shape index (κ3) is 4.28. The first-order valence-electron chi connectivity index (χ1n) is 9.82. The number of ether oxygens (including phenoxy) is 1. The molecule has 2 aromatic rings. The molecule has 2 heterocycles. The third-order valence-corrected chi connectivity index (χ3v) is 5.85. The Balaban J connectivity index is 1.31. The van der Waals surface area contributed by atoms with Crippen molar-refractivity contribution in [3.63, 3.8) is 0 Å². The molecule has 0 aliphatic carbocycles. The second kappa shape index (κ2) is 8.19. The van der Waals surface area contributed by atoms with E-state index in [1.54, 1.807) is 7.11 Å². The molecule has 5 nitrogen and oxygen atoms in total. The van der Waals surface area contributed by atoms with E-state index in [0.717, 1.165) is 49.2 Å². The van der Waals surface area contributed by atoms with E-state index < -0.39 is 0 Å². The normalized spacial score (nSPS) is 24.0. The Morgan fingerprint density at radius 3 is 2.32 bits per heavy atom. The van der Waals surface area contributed by atoms with Gasteiger partial charge < -0.3 is 15.4 Å². The fourth-order valence-corrected chi connectivity index (χ4v) is 4.48. The van der Waals surface area contributed by atoms with Gasteiger partial charge in [-0.3, -0.25) is 4.90 Å². The summed E-state index contributed by atoms with van der Waals surface area (Å²) in [6.45, 7) is 0.848. The number of piperidine rings is 1. The highest BCUT2D eigenvalue weighted by Crippen LogP contribution is 2.36. The molecule has 0 aromatic heterocycles. The Hall–Kier alpha value is -2.60. The van der Waals surface area contributed by atoms with Gasteiger partial charge in [0.1, 0.15) is 11.6 Å². The Bertz CT molecular complexity index is 796. The fourth-order valence-electron chi connectivity index (χ4n) is 4.48. The van der Waals surface area contributed by atoms with Crippen molar-refractivity contribution in [1.82, 2.24) is 10.2 Å². The Labute approximate surface area is 164 Å². The lowest BCUT2D eigenvalue weighted by Crippen LogP contribution is -2.50. The molecule has 2 fully saturated rings. The van der Waals surface area contributed by atoms with Crippen LogP contribution < -0.4 is 15.4 Å². The highest BCUT2D eigenvalue weighted by atomic mass is 19.1. The van der Waals surface area contributed by atoms with Crippen molar-refractivity contribution in [2.45, 2.75) is 50.4 Å². The van der Waals surface area contributed by atoms with Gasteiger partial charge in [0.25, 0.3) is 0 Å². The molecule has 6 heteroatoms. The van der Waals surface area contributed by atoms with Gasteiger partial charge in [-0.05, 0) is 67.6 Å². The summed E-state index contributed by atoms with van der Waals surface area (Å²) >= 11 is 0. The van der Waals surface area contributed by atoms with Gasteiger partial charge in [0, 0.05) is 30.4 Å². The van der Waals surface area contributed by atoms with Crippen molar-refractivity contribution >= 4 is 11.7 Å². The molecule has 2 amide bonds. The molecule has 2 aliphatic heterocycles. The number of benzene rings is 2. The zero-order chi connectivity index (χ0) is 19.5. The van der Waals surface area contributed by atoms with E-state index in [0.29, 0.717) is 12.1 Å². The number of methoxy groups -OCH3 is 1. The van der Waals surface area contributed by atoms with E-state index in [2.05, 4.69) is 15.5 Å². The highest BCUT2D eigenvalue weighted by Gasteiger charge is 2.40. The smallest absolute Gasteiger partial charge is 0.319 e. The average Bonchev–Trinajstić information content (AvgIpc) is 2.92. The first-order valence-corrected chi connectivity index (χ1v) is 9.82. The van der Waals surface area contributed by atoms with Crippen LogP contribution in [0.3, 0.4) is 0 Å². The Morgan fingerprint density at radius 1 is 1.07 bits per heavy atom. The summed E-state index contributed by atoms with van der Waals surface area (Å²) in [4.78, 5) is 14.9. The molecule has 0 saturated carbocycles. The van der Waals surface area contributed by atoms with E-state index in [9.17, 15) is 9.18 Å². The van der Waals surface area contributed by atoms with Crippen LogP contribution in [0.2, 0.25) is 0 Å². The average molecular weight is 383 g/mol. The van der Waals surface area contributed by atoms with Gasteiger partial charge in [-0.15, -0.1) is 0 Å². The molecular formula is C22H26FN3O2. The van der Waals surface area contributed by atoms with Crippen molar-refractivity contribution in [3.8, 4) is 5.75 Å². The molecule has 2 aromatic carbocycles. The van der Waals surface area contributed by atoms with Crippen LogP contribution >= 0.6 is 0 Å². The van der Waals surface area contributed by atoms with Crippen LogP contribution in [-0.4, -0.2) is 36.2 Å². The van der Waals surface area contributed by atoms with Crippen LogP contribution in [0.25, 0.3) is 0 Å². The number of urea groups is 1. The molecule has 2 saturated heterocycles. The number of rotatable bonds is 5.